The maximum Gasteiger partial charge on any atom is 0.254 e. The molecule has 0 bridgehead atoms. The molecule has 0 radical (unpaired) electrons. The second kappa shape index (κ2) is 6.29. The van der Waals surface area contributed by atoms with Crippen LogP contribution >= 0.6 is 0 Å². The van der Waals surface area contributed by atoms with Crippen molar-refractivity contribution < 1.29 is 19.1 Å². The van der Waals surface area contributed by atoms with E-state index in [4.69, 9.17) is 15.2 Å². The minimum Gasteiger partial charge on any atom is -0.481 e. The van der Waals surface area contributed by atoms with Gasteiger partial charge in [0.2, 0.25) is 11.8 Å². The zero-order valence-corrected chi connectivity index (χ0v) is 14.9. The van der Waals surface area contributed by atoms with E-state index in [-0.39, 0.29) is 18.4 Å². The molecular weight excluding hydrogens is 322 g/mol. The molecule has 2 atom stereocenters. The van der Waals surface area contributed by atoms with Gasteiger partial charge in [0, 0.05) is 30.8 Å². The van der Waals surface area contributed by atoms with Gasteiger partial charge in [0.1, 0.15) is 0 Å². The summed E-state index contributed by atoms with van der Waals surface area (Å²) in [5, 5.41) is 0. The average molecular weight is 347 g/mol. The minimum atomic E-state index is -0.494. The van der Waals surface area contributed by atoms with Gasteiger partial charge in [-0.25, -0.2) is 4.98 Å². The summed E-state index contributed by atoms with van der Waals surface area (Å²) < 4.78 is 11.3. The lowest BCUT2D eigenvalue weighted by atomic mass is 9.82. The smallest absolute Gasteiger partial charge is 0.254 e. The van der Waals surface area contributed by atoms with Gasteiger partial charge < -0.3 is 20.1 Å². The second-order valence-electron chi connectivity index (χ2n) is 7.46. The predicted molar refractivity (Wildman–Crippen MR) is 91.2 cm³/mol. The fourth-order valence-electron chi connectivity index (χ4n) is 4.34. The van der Waals surface area contributed by atoms with Crippen molar-refractivity contribution in [2.45, 2.75) is 56.8 Å². The summed E-state index contributed by atoms with van der Waals surface area (Å²) in [4.78, 5) is 30.7. The van der Waals surface area contributed by atoms with Crippen molar-refractivity contribution >= 4 is 11.8 Å². The third-order valence-electron chi connectivity index (χ3n) is 5.14. The molecule has 2 saturated heterocycles. The number of pyridine rings is 1. The summed E-state index contributed by atoms with van der Waals surface area (Å²) in [6, 6.07) is 3.32. The van der Waals surface area contributed by atoms with Gasteiger partial charge in [-0.1, -0.05) is 0 Å². The average Bonchev–Trinajstić information content (AvgIpc) is 3.07. The number of primary amides is 1. The van der Waals surface area contributed by atoms with Crippen molar-refractivity contribution in [2.24, 2.45) is 5.73 Å². The fourth-order valence-corrected chi connectivity index (χ4v) is 4.34. The van der Waals surface area contributed by atoms with Gasteiger partial charge in [-0.2, -0.15) is 0 Å². The molecule has 2 aliphatic rings. The molecule has 0 aromatic carbocycles. The van der Waals surface area contributed by atoms with Crippen molar-refractivity contribution in [2.75, 3.05) is 13.7 Å². The summed E-state index contributed by atoms with van der Waals surface area (Å²) in [5.41, 5.74) is 5.06. The Morgan fingerprint density at radius 3 is 2.92 bits per heavy atom. The summed E-state index contributed by atoms with van der Waals surface area (Å²) in [5.74, 6) is -0.100. The summed E-state index contributed by atoms with van der Waals surface area (Å²) >= 11 is 0. The number of methoxy groups -OCH3 is 1. The van der Waals surface area contributed by atoms with Crippen LogP contribution in [0.2, 0.25) is 0 Å². The number of aromatic nitrogens is 1. The van der Waals surface area contributed by atoms with Crippen LogP contribution < -0.4 is 10.5 Å². The lowest BCUT2D eigenvalue weighted by Crippen LogP contribution is -2.53. The highest BCUT2D eigenvalue weighted by Crippen LogP contribution is 2.49. The van der Waals surface area contributed by atoms with Crippen LogP contribution in [0.3, 0.4) is 0 Å². The highest BCUT2D eigenvalue weighted by atomic mass is 16.5. The lowest BCUT2D eigenvalue weighted by molar-refractivity contribution is -0.123. The Kier molecular flexibility index (Phi) is 4.45. The van der Waals surface area contributed by atoms with E-state index in [0.29, 0.717) is 24.4 Å². The Bertz CT molecular complexity index is 691. The molecule has 2 amide bonds. The quantitative estimate of drug-likeness (QED) is 0.891. The van der Waals surface area contributed by atoms with Crippen molar-refractivity contribution in [1.29, 1.82) is 0 Å². The number of amides is 2. The molecule has 2 N–H and O–H groups in total. The van der Waals surface area contributed by atoms with Crippen LogP contribution in [0.4, 0.5) is 0 Å². The molecule has 0 unspecified atom stereocenters. The largest absolute Gasteiger partial charge is 0.481 e. The molecule has 2 aliphatic heterocycles. The van der Waals surface area contributed by atoms with E-state index in [9.17, 15) is 9.59 Å². The van der Waals surface area contributed by atoms with E-state index in [2.05, 4.69) is 4.98 Å². The topological polar surface area (TPSA) is 94.7 Å². The second-order valence-corrected chi connectivity index (χ2v) is 7.46. The number of ether oxygens (including phenoxy) is 2. The van der Waals surface area contributed by atoms with Crippen LogP contribution in [0.5, 0.6) is 5.88 Å². The van der Waals surface area contributed by atoms with Crippen LogP contribution in [-0.4, -0.2) is 52.6 Å². The van der Waals surface area contributed by atoms with Crippen LogP contribution in [0, 0.1) is 0 Å². The zero-order valence-electron chi connectivity index (χ0n) is 14.9. The molecule has 1 aromatic rings. The molecule has 3 heterocycles. The highest BCUT2D eigenvalue weighted by molar-refractivity contribution is 5.95. The Balaban J connectivity index is 1.94. The molecular formula is C18H25N3O4. The van der Waals surface area contributed by atoms with Crippen LogP contribution in [-0.2, 0) is 9.53 Å². The van der Waals surface area contributed by atoms with Gasteiger partial charge in [-0.05, 0) is 32.8 Å². The molecule has 0 saturated carbocycles. The number of nitrogens with zero attached hydrogens (tertiary/aromatic N) is 2. The van der Waals surface area contributed by atoms with Gasteiger partial charge in [-0.3, -0.25) is 9.59 Å². The lowest BCUT2D eigenvalue weighted by Gasteiger charge is -2.38. The Hall–Kier alpha value is -2.15. The van der Waals surface area contributed by atoms with Crippen molar-refractivity contribution in [3.63, 3.8) is 0 Å². The molecule has 7 nitrogen and oxygen atoms in total. The first-order valence-electron chi connectivity index (χ1n) is 8.55. The number of hydrogen-bond donors (Lipinski definition) is 1. The summed E-state index contributed by atoms with van der Waals surface area (Å²) in [6.07, 6.45) is 3.67. The molecule has 136 valence electrons. The first kappa shape index (κ1) is 17.7. The Morgan fingerprint density at radius 1 is 1.48 bits per heavy atom. The molecule has 1 spiro atoms. The monoisotopic (exact) mass is 347 g/mol. The number of hydrogen-bond acceptors (Lipinski definition) is 5. The first-order chi connectivity index (χ1) is 11.8. The normalized spacial score (nSPS) is 27.6. The zero-order chi connectivity index (χ0) is 18.2. The summed E-state index contributed by atoms with van der Waals surface area (Å²) in [7, 11) is 1.52. The van der Waals surface area contributed by atoms with E-state index in [1.807, 2.05) is 18.7 Å². The van der Waals surface area contributed by atoms with E-state index in [1.54, 1.807) is 18.3 Å². The number of nitrogens with two attached hydrogens (primary N) is 1. The van der Waals surface area contributed by atoms with Crippen molar-refractivity contribution in [3.8, 4) is 5.88 Å². The molecule has 25 heavy (non-hydrogen) atoms. The third-order valence-corrected chi connectivity index (χ3v) is 5.14. The van der Waals surface area contributed by atoms with E-state index >= 15 is 0 Å². The summed E-state index contributed by atoms with van der Waals surface area (Å²) in [6.45, 7) is 4.62. The SMILES string of the molecule is COc1cc(C(=O)N2CCC[C@]23CC(C)(C)O[C@H]3CC(N)=O)ccn1. The van der Waals surface area contributed by atoms with E-state index < -0.39 is 17.0 Å². The van der Waals surface area contributed by atoms with Gasteiger partial charge >= 0.3 is 0 Å². The fraction of sp³-hybridized carbons (Fsp3) is 0.611. The Labute approximate surface area is 147 Å². The number of rotatable bonds is 4. The minimum absolute atomic E-state index is 0.0889. The standard InChI is InChI=1S/C18H25N3O4/c1-17(2)11-18(13(25-17)10-14(19)22)6-4-8-21(18)16(23)12-5-7-20-15(9-12)24-3/h5,7,9,13H,4,6,8,10-11H2,1-3H3,(H2,19,22)/t13-,18+/m0/s1. The number of likely N-dealkylation sites (tertiary alicyclic amines) is 1. The third kappa shape index (κ3) is 3.20. The number of carbonyl (C=O) groups is 2. The van der Waals surface area contributed by atoms with Crippen molar-refractivity contribution in [1.82, 2.24) is 9.88 Å². The number of carbonyl (C=O) groups excluding carboxylic acids is 2. The first-order valence-corrected chi connectivity index (χ1v) is 8.55. The molecule has 1 aromatic heterocycles. The van der Waals surface area contributed by atoms with E-state index in [0.717, 1.165) is 12.8 Å². The molecule has 2 fully saturated rings. The predicted octanol–water partition coefficient (Wildman–Crippen LogP) is 1.51. The maximum atomic E-state index is 13.2. The van der Waals surface area contributed by atoms with Crippen molar-refractivity contribution in [3.05, 3.63) is 23.9 Å². The molecule has 3 rings (SSSR count). The molecule has 7 heteroatoms. The molecule has 0 aliphatic carbocycles. The van der Waals surface area contributed by atoms with Gasteiger partial charge in [-0.15, -0.1) is 0 Å². The maximum absolute atomic E-state index is 13.2. The van der Waals surface area contributed by atoms with Crippen LogP contribution in [0.1, 0.15) is 49.9 Å². The van der Waals surface area contributed by atoms with Gasteiger partial charge in [0.15, 0.2) is 0 Å². The van der Waals surface area contributed by atoms with Gasteiger partial charge in [0.05, 0.1) is 30.8 Å². The van der Waals surface area contributed by atoms with E-state index in [1.165, 1.54) is 7.11 Å². The highest BCUT2D eigenvalue weighted by Gasteiger charge is 2.58. The Morgan fingerprint density at radius 2 is 2.24 bits per heavy atom. The van der Waals surface area contributed by atoms with Gasteiger partial charge in [0.25, 0.3) is 5.91 Å². The van der Waals surface area contributed by atoms with Crippen LogP contribution in [0.25, 0.3) is 0 Å². The van der Waals surface area contributed by atoms with Crippen LogP contribution in [0.15, 0.2) is 18.3 Å².